The normalized spacial score (nSPS) is 33.8. The molecule has 4 bridgehead atoms. The summed E-state index contributed by atoms with van der Waals surface area (Å²) in [6.45, 7) is 2.91. The van der Waals surface area contributed by atoms with E-state index >= 15 is 0 Å². The Morgan fingerprint density at radius 1 is 0.917 bits per heavy atom. The van der Waals surface area contributed by atoms with E-state index in [-0.39, 0.29) is 0 Å². The molecule has 0 aliphatic heterocycles. The van der Waals surface area contributed by atoms with Crippen molar-refractivity contribution >= 4 is 11.9 Å². The third-order valence-electron chi connectivity index (χ3n) is 6.14. The highest BCUT2D eigenvalue weighted by Gasteiger charge is 2.50. The summed E-state index contributed by atoms with van der Waals surface area (Å²) in [5.41, 5.74) is 0.428. The van der Waals surface area contributed by atoms with Crippen LogP contribution in [0.25, 0.3) is 0 Å². The van der Waals surface area contributed by atoms with Crippen molar-refractivity contribution in [2.45, 2.75) is 64.7 Å². The fourth-order valence-electron chi connectivity index (χ4n) is 5.51. The third kappa shape index (κ3) is 4.40. The zero-order valence-electron chi connectivity index (χ0n) is 14.8. The average molecular weight is 334 g/mol. The molecule has 0 atom stereocenters. The van der Waals surface area contributed by atoms with E-state index in [9.17, 15) is 9.59 Å². The molecule has 4 saturated carbocycles. The first-order valence-corrected chi connectivity index (χ1v) is 9.60. The minimum Gasteiger partial charge on any atom is -0.463 e. The molecule has 0 amide bonds. The fourth-order valence-corrected chi connectivity index (χ4v) is 5.51. The summed E-state index contributed by atoms with van der Waals surface area (Å²) in [6, 6.07) is 0. The molecular formula is C20H30O4. The van der Waals surface area contributed by atoms with Crippen molar-refractivity contribution in [2.75, 3.05) is 13.2 Å². The lowest BCUT2D eigenvalue weighted by molar-refractivity contribution is -0.142. The molecule has 0 spiro atoms. The topological polar surface area (TPSA) is 52.6 Å². The summed E-state index contributed by atoms with van der Waals surface area (Å²) in [7, 11) is 0. The Balaban J connectivity index is 1.37. The van der Waals surface area contributed by atoms with Crippen molar-refractivity contribution < 1.29 is 19.1 Å². The lowest BCUT2D eigenvalue weighted by Crippen LogP contribution is -2.46. The summed E-state index contributed by atoms with van der Waals surface area (Å²) >= 11 is 0. The van der Waals surface area contributed by atoms with Crippen LogP contribution in [0.1, 0.15) is 64.7 Å². The van der Waals surface area contributed by atoms with E-state index in [0.29, 0.717) is 18.6 Å². The Morgan fingerprint density at radius 3 is 1.92 bits per heavy atom. The molecule has 0 saturated heterocycles. The van der Waals surface area contributed by atoms with Crippen LogP contribution in [-0.2, 0) is 19.1 Å². The van der Waals surface area contributed by atoms with Crippen LogP contribution in [0.2, 0.25) is 0 Å². The molecule has 0 heterocycles. The molecule has 0 aromatic carbocycles. The van der Waals surface area contributed by atoms with Gasteiger partial charge in [-0.25, -0.2) is 9.59 Å². The quantitative estimate of drug-likeness (QED) is 0.382. The van der Waals surface area contributed by atoms with Crippen LogP contribution >= 0.6 is 0 Å². The Hall–Kier alpha value is -1.32. The van der Waals surface area contributed by atoms with Crippen LogP contribution in [-0.4, -0.2) is 25.2 Å². The van der Waals surface area contributed by atoms with E-state index < -0.39 is 11.9 Å². The predicted molar refractivity (Wildman–Crippen MR) is 91.2 cm³/mol. The van der Waals surface area contributed by atoms with Crippen LogP contribution < -0.4 is 0 Å². The van der Waals surface area contributed by atoms with E-state index in [0.717, 1.165) is 37.0 Å². The van der Waals surface area contributed by atoms with Gasteiger partial charge < -0.3 is 9.47 Å². The van der Waals surface area contributed by atoms with Gasteiger partial charge in [0.15, 0.2) is 0 Å². The molecule has 134 valence electrons. The summed E-state index contributed by atoms with van der Waals surface area (Å²) in [4.78, 5) is 23.2. The number of esters is 2. The van der Waals surface area contributed by atoms with E-state index in [4.69, 9.17) is 9.47 Å². The summed E-state index contributed by atoms with van der Waals surface area (Å²) in [5.74, 6) is 1.85. The molecule has 0 radical (unpaired) electrons. The molecule has 0 aromatic rings. The van der Waals surface area contributed by atoms with Crippen molar-refractivity contribution in [1.82, 2.24) is 0 Å². The van der Waals surface area contributed by atoms with Gasteiger partial charge in [-0.15, -0.1) is 0 Å². The number of carbonyl (C=O) groups excluding carboxylic acids is 2. The fraction of sp³-hybridized carbons (Fsp3) is 0.800. The Morgan fingerprint density at radius 2 is 1.42 bits per heavy atom. The van der Waals surface area contributed by atoms with E-state index in [1.54, 1.807) is 0 Å². The minimum absolute atomic E-state index is 0.404. The molecule has 4 aliphatic carbocycles. The molecule has 0 N–H and O–H groups in total. The van der Waals surface area contributed by atoms with E-state index in [1.165, 1.54) is 50.7 Å². The molecule has 4 heteroatoms. The van der Waals surface area contributed by atoms with Gasteiger partial charge in [-0.05, 0) is 74.5 Å². The number of ether oxygens (including phenoxy) is 2. The van der Waals surface area contributed by atoms with Gasteiger partial charge in [-0.1, -0.05) is 13.3 Å². The molecule has 0 unspecified atom stereocenters. The molecule has 4 rings (SSSR count). The maximum Gasteiger partial charge on any atom is 0.331 e. The van der Waals surface area contributed by atoms with Crippen molar-refractivity contribution in [3.05, 3.63) is 12.2 Å². The molecule has 0 aromatic heterocycles. The molecule has 4 nitrogen and oxygen atoms in total. The van der Waals surface area contributed by atoms with Gasteiger partial charge >= 0.3 is 11.9 Å². The van der Waals surface area contributed by atoms with Gasteiger partial charge in [0.25, 0.3) is 0 Å². The van der Waals surface area contributed by atoms with Crippen molar-refractivity contribution in [3.63, 3.8) is 0 Å². The monoisotopic (exact) mass is 334 g/mol. The van der Waals surface area contributed by atoms with Crippen molar-refractivity contribution in [2.24, 2.45) is 23.2 Å². The Labute approximate surface area is 145 Å². The van der Waals surface area contributed by atoms with Crippen LogP contribution in [0.4, 0.5) is 0 Å². The second kappa shape index (κ2) is 7.71. The first kappa shape index (κ1) is 17.5. The van der Waals surface area contributed by atoms with Crippen LogP contribution in [0.15, 0.2) is 12.2 Å². The second-order valence-electron chi connectivity index (χ2n) is 8.19. The van der Waals surface area contributed by atoms with Crippen molar-refractivity contribution in [1.29, 1.82) is 0 Å². The first-order valence-electron chi connectivity index (χ1n) is 9.60. The zero-order chi connectivity index (χ0) is 17.0. The van der Waals surface area contributed by atoms with Crippen LogP contribution in [0, 0.1) is 23.2 Å². The highest BCUT2D eigenvalue weighted by atomic mass is 16.5. The predicted octanol–water partition coefficient (Wildman–Crippen LogP) is 4.04. The van der Waals surface area contributed by atoms with Gasteiger partial charge in [0.2, 0.25) is 0 Å². The van der Waals surface area contributed by atoms with Gasteiger partial charge in [0, 0.05) is 12.2 Å². The summed E-state index contributed by atoms with van der Waals surface area (Å²) in [6.07, 6.45) is 13.4. The number of hydrogen-bond acceptors (Lipinski definition) is 4. The van der Waals surface area contributed by atoms with Gasteiger partial charge in [-0.2, -0.15) is 0 Å². The standard InChI is InChI=1S/C20H30O4/c1-2-3-7-23-18(21)4-5-19(22)24-8-6-20-12-15-9-16(13-20)11-17(10-15)14-20/h4-5,15-17H,2-3,6-14H2,1H3/b5-4+. The van der Waals surface area contributed by atoms with E-state index in [1.807, 2.05) is 6.92 Å². The van der Waals surface area contributed by atoms with Crippen LogP contribution in [0.3, 0.4) is 0 Å². The first-order chi connectivity index (χ1) is 11.6. The van der Waals surface area contributed by atoms with Gasteiger partial charge in [-0.3, -0.25) is 0 Å². The Bertz CT molecular complexity index is 459. The van der Waals surface area contributed by atoms with Gasteiger partial charge in [0.1, 0.15) is 0 Å². The molecule has 24 heavy (non-hydrogen) atoms. The summed E-state index contributed by atoms with van der Waals surface area (Å²) < 4.78 is 10.3. The number of unbranched alkanes of at least 4 members (excludes halogenated alkanes) is 1. The maximum atomic E-state index is 11.7. The number of rotatable bonds is 8. The lowest BCUT2D eigenvalue weighted by atomic mass is 9.49. The lowest BCUT2D eigenvalue weighted by Gasteiger charge is -2.57. The minimum atomic E-state index is -0.471. The number of carbonyl (C=O) groups is 2. The third-order valence-corrected chi connectivity index (χ3v) is 6.14. The van der Waals surface area contributed by atoms with E-state index in [2.05, 4.69) is 0 Å². The number of hydrogen-bond donors (Lipinski definition) is 0. The average Bonchev–Trinajstić information content (AvgIpc) is 2.52. The smallest absolute Gasteiger partial charge is 0.331 e. The second-order valence-corrected chi connectivity index (χ2v) is 8.19. The van der Waals surface area contributed by atoms with Crippen LogP contribution in [0.5, 0.6) is 0 Å². The largest absolute Gasteiger partial charge is 0.463 e. The van der Waals surface area contributed by atoms with Gasteiger partial charge in [0.05, 0.1) is 13.2 Å². The molecular weight excluding hydrogens is 304 g/mol. The van der Waals surface area contributed by atoms with Crippen molar-refractivity contribution in [3.8, 4) is 0 Å². The molecule has 4 aliphatic rings. The zero-order valence-corrected chi connectivity index (χ0v) is 14.8. The highest BCUT2D eigenvalue weighted by molar-refractivity contribution is 5.91. The Kier molecular flexibility index (Phi) is 5.62. The maximum absolute atomic E-state index is 11.7. The summed E-state index contributed by atoms with van der Waals surface area (Å²) in [5, 5.41) is 0. The molecule has 4 fully saturated rings. The SMILES string of the molecule is CCCCOC(=O)/C=C/C(=O)OCCC12CC3CC(CC(C3)C1)C2. The highest BCUT2D eigenvalue weighted by Crippen LogP contribution is 2.61.